The molecule has 1 aromatic heterocycles. The molecule has 0 aliphatic carbocycles. The second-order valence-corrected chi connectivity index (χ2v) is 6.84. The highest BCUT2D eigenvalue weighted by atomic mass is 32.1. The van der Waals surface area contributed by atoms with Crippen LogP contribution in [0.15, 0.2) is 11.6 Å². The highest BCUT2D eigenvalue weighted by molar-refractivity contribution is 7.13. The first kappa shape index (κ1) is 14.8. The molecule has 1 atom stereocenters. The Morgan fingerprint density at radius 3 is 2.74 bits per heavy atom. The molecule has 5 heteroatoms. The van der Waals surface area contributed by atoms with E-state index in [2.05, 4.69) is 29.0 Å². The van der Waals surface area contributed by atoms with E-state index in [0.717, 1.165) is 31.1 Å². The lowest BCUT2D eigenvalue weighted by Crippen LogP contribution is -2.49. The van der Waals surface area contributed by atoms with Gasteiger partial charge >= 0.3 is 0 Å². The maximum absolute atomic E-state index is 10.2. The van der Waals surface area contributed by atoms with Crippen LogP contribution in [0.1, 0.15) is 33.6 Å². The Hall–Kier alpha value is -0.650. The largest absolute Gasteiger partial charge is 0.389 e. The Morgan fingerprint density at radius 1 is 1.53 bits per heavy atom. The van der Waals surface area contributed by atoms with Gasteiger partial charge in [0.2, 0.25) is 0 Å². The van der Waals surface area contributed by atoms with Crippen LogP contribution in [0.4, 0.5) is 5.13 Å². The number of aliphatic hydroxyl groups is 1. The number of hydrogen-bond acceptors (Lipinski definition) is 5. The zero-order chi connectivity index (χ0) is 13.9. The third-order valence-electron chi connectivity index (χ3n) is 4.18. The summed E-state index contributed by atoms with van der Waals surface area (Å²) in [4.78, 5) is 6.71. The first-order valence-electron chi connectivity index (χ1n) is 7.09. The van der Waals surface area contributed by atoms with Gasteiger partial charge in [-0.25, -0.2) is 4.98 Å². The summed E-state index contributed by atoms with van der Waals surface area (Å²) >= 11 is 1.71. The summed E-state index contributed by atoms with van der Waals surface area (Å²) in [6.45, 7) is 8.81. The fourth-order valence-corrected chi connectivity index (χ4v) is 2.90. The number of thiazole rings is 1. The Labute approximate surface area is 119 Å². The molecule has 2 rings (SSSR count). The van der Waals surface area contributed by atoms with E-state index < -0.39 is 5.60 Å². The molecule has 1 aromatic rings. The van der Waals surface area contributed by atoms with Gasteiger partial charge in [-0.3, -0.25) is 0 Å². The third kappa shape index (κ3) is 3.91. The first-order chi connectivity index (χ1) is 8.99. The van der Waals surface area contributed by atoms with Crippen LogP contribution < -0.4 is 10.2 Å². The van der Waals surface area contributed by atoms with Crippen LogP contribution in [-0.2, 0) is 0 Å². The van der Waals surface area contributed by atoms with Gasteiger partial charge in [-0.2, -0.15) is 0 Å². The minimum Gasteiger partial charge on any atom is -0.389 e. The average Bonchev–Trinajstić information content (AvgIpc) is 2.91. The van der Waals surface area contributed by atoms with Gasteiger partial charge in [0.1, 0.15) is 0 Å². The van der Waals surface area contributed by atoms with Gasteiger partial charge in [0.05, 0.1) is 5.60 Å². The number of nitrogens with zero attached hydrogens (tertiary/aromatic N) is 2. The predicted molar refractivity (Wildman–Crippen MR) is 80.8 cm³/mol. The number of piperidine rings is 1. The van der Waals surface area contributed by atoms with Crippen molar-refractivity contribution in [2.45, 2.75) is 45.3 Å². The molecular formula is C14H25N3OS. The molecule has 19 heavy (non-hydrogen) atoms. The molecule has 0 amide bonds. The normalized spacial score (nSPS) is 20.8. The van der Waals surface area contributed by atoms with Gasteiger partial charge in [0.15, 0.2) is 5.13 Å². The maximum Gasteiger partial charge on any atom is 0.185 e. The van der Waals surface area contributed by atoms with E-state index in [9.17, 15) is 5.11 Å². The molecule has 0 bridgehead atoms. The summed E-state index contributed by atoms with van der Waals surface area (Å²) < 4.78 is 0. The molecule has 2 N–H and O–H groups in total. The number of rotatable bonds is 5. The topological polar surface area (TPSA) is 48.4 Å². The van der Waals surface area contributed by atoms with Crippen LogP contribution in [0.25, 0.3) is 0 Å². The van der Waals surface area contributed by atoms with E-state index in [4.69, 9.17) is 0 Å². The molecule has 1 fully saturated rings. The zero-order valence-corrected chi connectivity index (χ0v) is 12.9. The van der Waals surface area contributed by atoms with Gasteiger partial charge < -0.3 is 15.3 Å². The SMILES string of the molecule is CC(C)C(C)(O)CNC1CCN(c2nccs2)CC1. The smallest absolute Gasteiger partial charge is 0.185 e. The molecule has 1 saturated heterocycles. The second kappa shape index (κ2) is 6.20. The van der Waals surface area contributed by atoms with Crippen LogP contribution >= 0.6 is 11.3 Å². The fourth-order valence-electron chi connectivity index (χ4n) is 2.20. The summed E-state index contributed by atoms with van der Waals surface area (Å²) in [6.07, 6.45) is 4.10. The summed E-state index contributed by atoms with van der Waals surface area (Å²) in [7, 11) is 0. The monoisotopic (exact) mass is 283 g/mol. The molecule has 2 heterocycles. The van der Waals surface area contributed by atoms with Crippen LogP contribution in [0.5, 0.6) is 0 Å². The highest BCUT2D eigenvalue weighted by Crippen LogP contribution is 2.22. The summed E-state index contributed by atoms with van der Waals surface area (Å²) in [5, 5.41) is 16.9. The van der Waals surface area contributed by atoms with Crippen molar-refractivity contribution in [2.75, 3.05) is 24.5 Å². The quantitative estimate of drug-likeness (QED) is 0.869. The van der Waals surface area contributed by atoms with Crippen molar-refractivity contribution in [1.29, 1.82) is 0 Å². The summed E-state index contributed by atoms with van der Waals surface area (Å²) in [5.74, 6) is 0.274. The third-order valence-corrected chi connectivity index (χ3v) is 5.01. The number of anilines is 1. The van der Waals surface area contributed by atoms with E-state index in [1.54, 1.807) is 11.3 Å². The van der Waals surface area contributed by atoms with Crippen LogP contribution in [0, 0.1) is 5.92 Å². The standard InChI is InChI=1S/C14H25N3OS/c1-11(2)14(3,18)10-16-12-4-7-17(8-5-12)13-15-6-9-19-13/h6,9,11-12,16,18H,4-5,7-8,10H2,1-3H3. The molecule has 108 valence electrons. The Bertz CT molecular complexity index is 370. The van der Waals surface area contributed by atoms with Crippen molar-refractivity contribution < 1.29 is 5.11 Å². The molecule has 4 nitrogen and oxygen atoms in total. The lowest BCUT2D eigenvalue weighted by molar-refractivity contribution is 0.0111. The number of hydrogen-bond donors (Lipinski definition) is 2. The maximum atomic E-state index is 10.2. The van der Waals surface area contributed by atoms with Crippen LogP contribution in [-0.4, -0.2) is 41.4 Å². The molecule has 1 unspecified atom stereocenters. The van der Waals surface area contributed by atoms with Gasteiger partial charge in [0.25, 0.3) is 0 Å². The molecule has 1 aliphatic heterocycles. The minimum atomic E-state index is -0.619. The van der Waals surface area contributed by atoms with E-state index in [-0.39, 0.29) is 5.92 Å². The first-order valence-corrected chi connectivity index (χ1v) is 7.97. The van der Waals surface area contributed by atoms with Crippen molar-refractivity contribution >= 4 is 16.5 Å². The molecule has 0 spiro atoms. The van der Waals surface area contributed by atoms with Crippen molar-refractivity contribution in [3.8, 4) is 0 Å². The Kier molecular flexibility index (Phi) is 4.81. The molecule has 0 radical (unpaired) electrons. The van der Waals surface area contributed by atoms with E-state index in [0.29, 0.717) is 12.6 Å². The fraction of sp³-hybridized carbons (Fsp3) is 0.786. The van der Waals surface area contributed by atoms with Gasteiger partial charge in [-0.15, -0.1) is 11.3 Å². The second-order valence-electron chi connectivity index (χ2n) is 5.97. The zero-order valence-electron chi connectivity index (χ0n) is 12.1. The molecule has 0 saturated carbocycles. The Morgan fingerprint density at radius 2 is 2.21 bits per heavy atom. The van der Waals surface area contributed by atoms with Gasteiger partial charge in [0, 0.05) is 37.3 Å². The lowest BCUT2D eigenvalue weighted by atomic mass is 9.92. The van der Waals surface area contributed by atoms with Gasteiger partial charge in [-0.1, -0.05) is 13.8 Å². The van der Waals surface area contributed by atoms with Crippen molar-refractivity contribution in [3.63, 3.8) is 0 Å². The van der Waals surface area contributed by atoms with Crippen molar-refractivity contribution in [2.24, 2.45) is 5.92 Å². The van der Waals surface area contributed by atoms with Crippen LogP contribution in [0.3, 0.4) is 0 Å². The predicted octanol–water partition coefficient (Wildman–Crippen LogP) is 2.11. The average molecular weight is 283 g/mol. The summed E-state index contributed by atoms with van der Waals surface area (Å²) in [5.41, 5.74) is -0.619. The minimum absolute atomic E-state index is 0.274. The number of nitrogens with one attached hydrogen (secondary N) is 1. The van der Waals surface area contributed by atoms with E-state index in [1.165, 1.54) is 0 Å². The van der Waals surface area contributed by atoms with E-state index in [1.807, 2.05) is 18.5 Å². The number of aromatic nitrogens is 1. The highest BCUT2D eigenvalue weighted by Gasteiger charge is 2.27. The van der Waals surface area contributed by atoms with Crippen molar-refractivity contribution in [1.82, 2.24) is 10.3 Å². The Balaban J connectivity index is 1.75. The molecule has 0 aromatic carbocycles. The van der Waals surface area contributed by atoms with Crippen LogP contribution in [0.2, 0.25) is 0 Å². The molecule has 1 aliphatic rings. The summed E-state index contributed by atoms with van der Waals surface area (Å²) in [6, 6.07) is 0.515. The van der Waals surface area contributed by atoms with E-state index >= 15 is 0 Å². The van der Waals surface area contributed by atoms with Crippen molar-refractivity contribution in [3.05, 3.63) is 11.6 Å². The lowest BCUT2D eigenvalue weighted by Gasteiger charge is -2.35. The molecular weight excluding hydrogens is 258 g/mol. The van der Waals surface area contributed by atoms with Gasteiger partial charge in [-0.05, 0) is 25.7 Å².